The predicted octanol–water partition coefficient (Wildman–Crippen LogP) is 0.736. The fourth-order valence-corrected chi connectivity index (χ4v) is 3.37. The number of rotatable bonds is 1. The van der Waals surface area contributed by atoms with Gasteiger partial charge >= 0.3 is 0 Å². The molecule has 3 heteroatoms. The Bertz CT molecular complexity index is 161. The van der Waals surface area contributed by atoms with E-state index < -0.39 is 5.60 Å². The summed E-state index contributed by atoms with van der Waals surface area (Å²) in [5.74, 6) is 1.93. The van der Waals surface area contributed by atoms with Crippen LogP contribution in [0.4, 0.5) is 0 Å². The molecule has 0 amide bonds. The second-order valence-corrected chi connectivity index (χ2v) is 4.95. The lowest BCUT2D eigenvalue weighted by Crippen LogP contribution is -2.64. The summed E-state index contributed by atoms with van der Waals surface area (Å²) in [5, 5.41) is 10.1. The van der Waals surface area contributed by atoms with Gasteiger partial charge < -0.3 is 10.8 Å². The van der Waals surface area contributed by atoms with Gasteiger partial charge in [-0.25, -0.2) is 0 Å². The Morgan fingerprint density at radius 2 is 2.00 bits per heavy atom. The molecule has 1 saturated heterocycles. The molecule has 2 aliphatic rings. The maximum Gasteiger partial charge on any atom is 0.0923 e. The van der Waals surface area contributed by atoms with Gasteiger partial charge in [0.1, 0.15) is 0 Å². The quantitative estimate of drug-likeness (QED) is 0.614. The number of thioether (sulfide) groups is 1. The summed E-state index contributed by atoms with van der Waals surface area (Å²) >= 11 is 1.83. The van der Waals surface area contributed by atoms with Gasteiger partial charge in [0, 0.05) is 11.3 Å². The third-order valence-corrected chi connectivity index (χ3v) is 4.35. The van der Waals surface area contributed by atoms with Crippen LogP contribution in [0.5, 0.6) is 0 Å². The first-order valence-corrected chi connectivity index (χ1v) is 5.41. The van der Waals surface area contributed by atoms with Crippen molar-refractivity contribution in [2.75, 3.05) is 11.5 Å². The summed E-state index contributed by atoms with van der Waals surface area (Å²) in [6.45, 7) is 0. The normalized spacial score (nSPS) is 42.0. The van der Waals surface area contributed by atoms with Crippen molar-refractivity contribution in [1.82, 2.24) is 0 Å². The van der Waals surface area contributed by atoms with Gasteiger partial charge in [0.2, 0.25) is 0 Å². The first kappa shape index (κ1) is 7.90. The largest absolute Gasteiger partial charge is 0.387 e. The molecule has 1 aliphatic heterocycles. The molecular weight excluding hydrogens is 158 g/mol. The fourth-order valence-electron chi connectivity index (χ4n) is 1.97. The van der Waals surface area contributed by atoms with Crippen LogP contribution in [0.2, 0.25) is 0 Å². The first-order valence-electron chi connectivity index (χ1n) is 4.25. The van der Waals surface area contributed by atoms with Crippen LogP contribution in [0.3, 0.4) is 0 Å². The fraction of sp³-hybridized carbons (Fsp3) is 1.00. The Balaban J connectivity index is 2.11. The van der Waals surface area contributed by atoms with E-state index in [1.54, 1.807) is 0 Å². The maximum atomic E-state index is 10.1. The minimum atomic E-state index is -0.532. The number of aliphatic hydroxyl groups is 1. The van der Waals surface area contributed by atoms with Crippen molar-refractivity contribution in [2.24, 2.45) is 5.73 Å². The van der Waals surface area contributed by atoms with Crippen molar-refractivity contribution in [3.63, 3.8) is 0 Å². The molecule has 1 atom stereocenters. The monoisotopic (exact) mass is 173 g/mol. The van der Waals surface area contributed by atoms with Gasteiger partial charge in [-0.2, -0.15) is 11.8 Å². The first-order chi connectivity index (χ1) is 5.16. The summed E-state index contributed by atoms with van der Waals surface area (Å²) in [7, 11) is 0. The van der Waals surface area contributed by atoms with Crippen molar-refractivity contribution in [3.8, 4) is 0 Å². The molecule has 0 spiro atoms. The SMILES string of the molecule is NC1(C2(O)CCSC2)CCC1. The van der Waals surface area contributed by atoms with Crippen molar-refractivity contribution in [1.29, 1.82) is 0 Å². The molecule has 64 valence electrons. The van der Waals surface area contributed by atoms with Crippen LogP contribution in [0.25, 0.3) is 0 Å². The minimum absolute atomic E-state index is 0.226. The lowest BCUT2D eigenvalue weighted by atomic mass is 9.66. The highest BCUT2D eigenvalue weighted by molar-refractivity contribution is 7.99. The number of hydrogen-bond donors (Lipinski definition) is 2. The Hall–Kier alpha value is 0.270. The third kappa shape index (κ3) is 1.02. The molecule has 1 aliphatic carbocycles. The zero-order valence-corrected chi connectivity index (χ0v) is 7.49. The molecule has 0 aromatic heterocycles. The standard InChI is InChI=1S/C8H15NOS/c9-7(2-1-3-7)8(10)4-5-11-6-8/h10H,1-6,9H2. The molecule has 11 heavy (non-hydrogen) atoms. The summed E-state index contributed by atoms with van der Waals surface area (Å²) in [6, 6.07) is 0. The highest BCUT2D eigenvalue weighted by Gasteiger charge is 2.52. The van der Waals surface area contributed by atoms with Crippen molar-refractivity contribution >= 4 is 11.8 Å². The number of hydrogen-bond acceptors (Lipinski definition) is 3. The Labute approximate surface area is 71.5 Å². The van der Waals surface area contributed by atoms with Gasteiger partial charge in [-0.3, -0.25) is 0 Å². The Kier molecular flexibility index (Phi) is 1.71. The minimum Gasteiger partial charge on any atom is -0.387 e. The van der Waals surface area contributed by atoms with Crippen molar-refractivity contribution in [2.45, 2.75) is 36.8 Å². The van der Waals surface area contributed by atoms with E-state index in [1.807, 2.05) is 11.8 Å². The van der Waals surface area contributed by atoms with Crippen LogP contribution in [0.1, 0.15) is 25.7 Å². The maximum absolute atomic E-state index is 10.1. The van der Waals surface area contributed by atoms with E-state index in [9.17, 15) is 5.11 Å². The molecule has 1 unspecified atom stereocenters. The molecule has 2 fully saturated rings. The van der Waals surface area contributed by atoms with Gasteiger partial charge in [-0.1, -0.05) is 0 Å². The summed E-state index contributed by atoms with van der Waals surface area (Å²) in [5.41, 5.74) is 5.32. The van der Waals surface area contributed by atoms with Gasteiger partial charge in [-0.15, -0.1) is 0 Å². The number of nitrogens with two attached hydrogens (primary N) is 1. The zero-order chi connectivity index (χ0) is 7.95. The third-order valence-electron chi connectivity index (χ3n) is 3.17. The molecule has 1 heterocycles. The smallest absolute Gasteiger partial charge is 0.0923 e. The molecule has 2 rings (SSSR count). The summed E-state index contributed by atoms with van der Waals surface area (Å²) in [6.07, 6.45) is 4.13. The molecule has 2 nitrogen and oxygen atoms in total. The Morgan fingerprint density at radius 3 is 2.36 bits per heavy atom. The van der Waals surface area contributed by atoms with Crippen LogP contribution in [-0.2, 0) is 0 Å². The highest BCUT2D eigenvalue weighted by atomic mass is 32.2. The molecule has 0 aromatic carbocycles. The molecule has 3 N–H and O–H groups in total. The van der Waals surface area contributed by atoms with E-state index in [0.717, 1.165) is 30.8 Å². The summed E-state index contributed by atoms with van der Waals surface area (Å²) in [4.78, 5) is 0. The van der Waals surface area contributed by atoms with Crippen LogP contribution in [0, 0.1) is 0 Å². The van der Waals surface area contributed by atoms with E-state index in [-0.39, 0.29) is 5.54 Å². The van der Waals surface area contributed by atoms with E-state index in [2.05, 4.69) is 0 Å². The summed E-state index contributed by atoms with van der Waals surface area (Å²) < 4.78 is 0. The second-order valence-electron chi connectivity index (χ2n) is 3.84. The van der Waals surface area contributed by atoms with E-state index >= 15 is 0 Å². The molecule has 0 bridgehead atoms. The van der Waals surface area contributed by atoms with Crippen molar-refractivity contribution in [3.05, 3.63) is 0 Å². The lowest BCUT2D eigenvalue weighted by molar-refractivity contribution is -0.0492. The average Bonchev–Trinajstić information content (AvgIpc) is 2.32. The van der Waals surface area contributed by atoms with Gasteiger partial charge in [-0.05, 0) is 31.4 Å². The van der Waals surface area contributed by atoms with Crippen LogP contribution >= 0.6 is 11.8 Å². The van der Waals surface area contributed by atoms with Gasteiger partial charge in [0.15, 0.2) is 0 Å². The predicted molar refractivity (Wildman–Crippen MR) is 47.7 cm³/mol. The van der Waals surface area contributed by atoms with Crippen molar-refractivity contribution < 1.29 is 5.11 Å². The van der Waals surface area contributed by atoms with Gasteiger partial charge in [0.05, 0.1) is 5.60 Å². The average molecular weight is 173 g/mol. The van der Waals surface area contributed by atoms with Crippen LogP contribution in [0.15, 0.2) is 0 Å². The zero-order valence-electron chi connectivity index (χ0n) is 6.68. The molecule has 0 radical (unpaired) electrons. The van der Waals surface area contributed by atoms with E-state index in [0.29, 0.717) is 0 Å². The van der Waals surface area contributed by atoms with Crippen LogP contribution < -0.4 is 5.73 Å². The van der Waals surface area contributed by atoms with E-state index in [1.165, 1.54) is 6.42 Å². The molecule has 1 saturated carbocycles. The molecule has 0 aromatic rings. The van der Waals surface area contributed by atoms with Crippen LogP contribution in [-0.4, -0.2) is 27.8 Å². The molecular formula is C8H15NOS. The second kappa shape index (κ2) is 2.38. The highest BCUT2D eigenvalue weighted by Crippen LogP contribution is 2.45. The van der Waals surface area contributed by atoms with Gasteiger partial charge in [0.25, 0.3) is 0 Å². The topological polar surface area (TPSA) is 46.2 Å². The lowest BCUT2D eigenvalue weighted by Gasteiger charge is -2.48. The van der Waals surface area contributed by atoms with E-state index in [4.69, 9.17) is 5.73 Å². The Morgan fingerprint density at radius 1 is 1.27 bits per heavy atom.